The average molecular weight is 451 g/mol. The van der Waals surface area contributed by atoms with Gasteiger partial charge in [-0.3, -0.25) is 14.6 Å². The van der Waals surface area contributed by atoms with Crippen molar-refractivity contribution in [2.24, 2.45) is 0 Å². The summed E-state index contributed by atoms with van der Waals surface area (Å²) in [6.45, 7) is 11.4. The van der Waals surface area contributed by atoms with E-state index in [-0.39, 0.29) is 11.9 Å². The van der Waals surface area contributed by atoms with Crippen LogP contribution < -0.4 is 15.5 Å². The lowest BCUT2D eigenvalue weighted by Gasteiger charge is -2.26. The molecule has 176 valence electrons. The third kappa shape index (κ3) is 8.04. The molecule has 3 rings (SSSR count). The molecule has 1 aliphatic rings. The number of carbonyl (C=O) groups excluding carboxylic acids is 2. The van der Waals surface area contributed by atoms with Gasteiger partial charge in [0.1, 0.15) is 0 Å². The highest BCUT2D eigenvalue weighted by Gasteiger charge is 2.16. The summed E-state index contributed by atoms with van der Waals surface area (Å²) >= 11 is 0. The second kappa shape index (κ2) is 12.8. The van der Waals surface area contributed by atoms with Gasteiger partial charge in [-0.15, -0.1) is 6.58 Å². The number of carbonyl (C=O) groups is 2. The number of morpholine rings is 1. The molecule has 0 atom stereocenters. The SMILES string of the molecule is C=CCNC(=O)N(Cc1cccc(C)c1)c1ccc(CC(=O)NCCN2CCOCC2)cc1. The topological polar surface area (TPSA) is 73.9 Å². The van der Waals surface area contributed by atoms with E-state index < -0.39 is 0 Å². The molecule has 0 aromatic heterocycles. The fraction of sp³-hybridized carbons (Fsp3) is 0.385. The van der Waals surface area contributed by atoms with Crippen molar-refractivity contribution in [3.05, 3.63) is 77.9 Å². The zero-order valence-corrected chi connectivity index (χ0v) is 19.4. The van der Waals surface area contributed by atoms with Crippen LogP contribution in [-0.4, -0.2) is 62.8 Å². The first-order chi connectivity index (χ1) is 16.0. The lowest BCUT2D eigenvalue weighted by molar-refractivity contribution is -0.120. The minimum absolute atomic E-state index is 0.00338. The lowest BCUT2D eigenvalue weighted by Crippen LogP contribution is -2.41. The summed E-state index contributed by atoms with van der Waals surface area (Å²) in [6, 6.07) is 15.5. The van der Waals surface area contributed by atoms with Gasteiger partial charge in [-0.1, -0.05) is 48.0 Å². The number of urea groups is 1. The Morgan fingerprint density at radius 3 is 2.55 bits per heavy atom. The summed E-state index contributed by atoms with van der Waals surface area (Å²) in [6.07, 6.45) is 1.97. The Morgan fingerprint density at radius 2 is 1.85 bits per heavy atom. The zero-order chi connectivity index (χ0) is 23.5. The van der Waals surface area contributed by atoms with Crippen LogP contribution in [0.4, 0.5) is 10.5 Å². The maximum absolute atomic E-state index is 12.8. The molecule has 0 spiro atoms. The smallest absolute Gasteiger partial charge is 0.322 e. The zero-order valence-electron chi connectivity index (χ0n) is 19.4. The van der Waals surface area contributed by atoms with Gasteiger partial charge in [0.25, 0.3) is 0 Å². The standard InChI is InChI=1S/C26H34N4O3/c1-3-11-28-26(32)30(20-23-6-4-5-21(2)18-23)24-9-7-22(8-10-24)19-25(31)27-12-13-29-14-16-33-17-15-29/h3-10,18H,1,11-17,19-20H2,2H3,(H,27,31)(H,28,32). The summed E-state index contributed by atoms with van der Waals surface area (Å²) in [4.78, 5) is 29.1. The third-order valence-electron chi connectivity index (χ3n) is 5.53. The van der Waals surface area contributed by atoms with Crippen LogP contribution in [0.3, 0.4) is 0 Å². The molecule has 1 saturated heterocycles. The van der Waals surface area contributed by atoms with E-state index in [1.807, 2.05) is 49.4 Å². The molecule has 3 amide bonds. The molecule has 1 fully saturated rings. The molecule has 2 N–H and O–H groups in total. The van der Waals surface area contributed by atoms with E-state index in [4.69, 9.17) is 4.74 Å². The average Bonchev–Trinajstić information content (AvgIpc) is 2.82. The fourth-order valence-electron chi connectivity index (χ4n) is 3.75. The van der Waals surface area contributed by atoms with Crippen molar-refractivity contribution in [3.63, 3.8) is 0 Å². The molecule has 1 heterocycles. The Morgan fingerprint density at radius 1 is 1.09 bits per heavy atom. The maximum Gasteiger partial charge on any atom is 0.322 e. The van der Waals surface area contributed by atoms with Gasteiger partial charge in [-0.2, -0.15) is 0 Å². The normalized spacial score (nSPS) is 13.8. The van der Waals surface area contributed by atoms with Gasteiger partial charge < -0.3 is 15.4 Å². The van der Waals surface area contributed by atoms with Gasteiger partial charge in [0.05, 0.1) is 26.2 Å². The quantitative estimate of drug-likeness (QED) is 0.546. The second-order valence-corrected chi connectivity index (χ2v) is 8.20. The van der Waals surface area contributed by atoms with Crippen LogP contribution in [0.5, 0.6) is 0 Å². The maximum atomic E-state index is 12.8. The number of hydrogen-bond donors (Lipinski definition) is 2. The molecule has 0 radical (unpaired) electrons. The molecular formula is C26H34N4O3. The van der Waals surface area contributed by atoms with Gasteiger partial charge in [0, 0.05) is 38.4 Å². The van der Waals surface area contributed by atoms with Crippen molar-refractivity contribution in [1.29, 1.82) is 0 Å². The van der Waals surface area contributed by atoms with Crippen molar-refractivity contribution >= 4 is 17.6 Å². The molecule has 7 nitrogen and oxygen atoms in total. The minimum Gasteiger partial charge on any atom is -0.379 e. The van der Waals surface area contributed by atoms with E-state index in [9.17, 15) is 9.59 Å². The molecular weight excluding hydrogens is 416 g/mol. The van der Waals surface area contributed by atoms with Gasteiger partial charge >= 0.3 is 6.03 Å². The Kier molecular flexibility index (Phi) is 9.47. The number of nitrogens with zero attached hydrogens (tertiary/aromatic N) is 2. The predicted molar refractivity (Wildman–Crippen MR) is 131 cm³/mol. The molecule has 0 unspecified atom stereocenters. The first-order valence-corrected chi connectivity index (χ1v) is 11.4. The lowest BCUT2D eigenvalue weighted by atomic mass is 10.1. The van der Waals surface area contributed by atoms with E-state index in [0.717, 1.165) is 55.2 Å². The number of nitrogens with one attached hydrogen (secondary N) is 2. The number of aryl methyl sites for hydroxylation is 1. The molecule has 0 saturated carbocycles. The second-order valence-electron chi connectivity index (χ2n) is 8.20. The van der Waals surface area contributed by atoms with Crippen molar-refractivity contribution < 1.29 is 14.3 Å². The summed E-state index contributed by atoms with van der Waals surface area (Å²) in [7, 11) is 0. The number of benzene rings is 2. The number of ether oxygens (including phenoxy) is 1. The van der Waals surface area contributed by atoms with Gasteiger partial charge in [-0.25, -0.2) is 4.79 Å². The summed E-state index contributed by atoms with van der Waals surface area (Å²) in [5.74, 6) is -0.00338. The van der Waals surface area contributed by atoms with Crippen LogP contribution in [-0.2, 0) is 22.5 Å². The highest BCUT2D eigenvalue weighted by Crippen LogP contribution is 2.19. The Balaban J connectivity index is 1.58. The van der Waals surface area contributed by atoms with Crippen molar-refractivity contribution in [3.8, 4) is 0 Å². The molecule has 33 heavy (non-hydrogen) atoms. The summed E-state index contributed by atoms with van der Waals surface area (Å²) in [5.41, 5.74) is 3.88. The molecule has 7 heteroatoms. The van der Waals surface area contributed by atoms with Gasteiger partial charge in [-0.05, 0) is 30.2 Å². The van der Waals surface area contributed by atoms with E-state index in [1.165, 1.54) is 0 Å². The highest BCUT2D eigenvalue weighted by molar-refractivity contribution is 5.92. The van der Waals surface area contributed by atoms with Gasteiger partial charge in [0.15, 0.2) is 0 Å². The molecule has 0 aliphatic carbocycles. The van der Waals surface area contributed by atoms with E-state index in [1.54, 1.807) is 11.0 Å². The fourth-order valence-corrected chi connectivity index (χ4v) is 3.75. The molecule has 2 aromatic carbocycles. The molecule has 1 aliphatic heterocycles. The Hall–Kier alpha value is -3.16. The Labute approximate surface area is 196 Å². The van der Waals surface area contributed by atoms with Gasteiger partial charge in [0.2, 0.25) is 5.91 Å². The largest absolute Gasteiger partial charge is 0.379 e. The molecule has 0 bridgehead atoms. The first-order valence-electron chi connectivity index (χ1n) is 11.4. The molecule has 2 aromatic rings. The number of anilines is 1. The highest BCUT2D eigenvalue weighted by atomic mass is 16.5. The van der Waals surface area contributed by atoms with Crippen molar-refractivity contribution in [2.45, 2.75) is 19.9 Å². The van der Waals surface area contributed by atoms with Crippen LogP contribution in [0.1, 0.15) is 16.7 Å². The van der Waals surface area contributed by atoms with Crippen molar-refractivity contribution in [1.82, 2.24) is 15.5 Å². The number of amides is 3. The first kappa shape index (κ1) is 24.5. The Bertz CT molecular complexity index is 923. The van der Waals surface area contributed by atoms with Crippen LogP contribution in [0.15, 0.2) is 61.2 Å². The van der Waals surface area contributed by atoms with Crippen molar-refractivity contribution in [2.75, 3.05) is 50.8 Å². The van der Waals surface area contributed by atoms with E-state index in [0.29, 0.717) is 26.1 Å². The predicted octanol–water partition coefficient (Wildman–Crippen LogP) is 2.89. The number of rotatable bonds is 10. The minimum atomic E-state index is -0.190. The van der Waals surface area contributed by atoms with Crippen LogP contribution in [0, 0.1) is 6.92 Å². The third-order valence-corrected chi connectivity index (χ3v) is 5.53. The van der Waals surface area contributed by atoms with E-state index in [2.05, 4.69) is 28.2 Å². The summed E-state index contributed by atoms with van der Waals surface area (Å²) in [5, 5.41) is 5.85. The van der Waals surface area contributed by atoms with Crippen LogP contribution in [0.2, 0.25) is 0 Å². The number of hydrogen-bond acceptors (Lipinski definition) is 4. The van der Waals surface area contributed by atoms with Crippen LogP contribution in [0.25, 0.3) is 0 Å². The van der Waals surface area contributed by atoms with Crippen LogP contribution >= 0.6 is 0 Å². The monoisotopic (exact) mass is 450 g/mol. The van der Waals surface area contributed by atoms with E-state index >= 15 is 0 Å². The summed E-state index contributed by atoms with van der Waals surface area (Å²) < 4.78 is 5.34.